The Hall–Kier alpha value is 0.623. The van der Waals surface area contributed by atoms with Gasteiger partial charge in [-0.3, -0.25) is 0 Å². The second-order valence-corrected chi connectivity index (χ2v) is 3.87. The molecule has 0 saturated carbocycles. The monoisotopic (exact) mass is 191 g/mol. The van der Waals surface area contributed by atoms with Crippen molar-refractivity contribution in [1.82, 2.24) is 0 Å². The molecular formula is C9H19Zn-. The smallest absolute Gasteiger partial charge is 0 e. The molecule has 0 aromatic carbocycles. The molecule has 0 nitrogen and oxygen atoms in total. The van der Waals surface area contributed by atoms with Gasteiger partial charge in [-0.25, -0.2) is 0 Å². The van der Waals surface area contributed by atoms with Gasteiger partial charge in [0.1, 0.15) is 0 Å². The Balaban J connectivity index is 0. The minimum absolute atomic E-state index is 0. The molecule has 0 bridgehead atoms. The molecule has 0 fully saturated rings. The first kappa shape index (κ1) is 13.2. The normalized spacial score (nSPS) is 10.8. The van der Waals surface area contributed by atoms with E-state index in [-0.39, 0.29) is 19.5 Å². The molecule has 0 N–H and O–H groups in total. The van der Waals surface area contributed by atoms with Crippen molar-refractivity contribution in [3.63, 3.8) is 0 Å². The van der Waals surface area contributed by atoms with Gasteiger partial charge in [-0.2, -0.15) is 6.42 Å². The Kier molecular flexibility index (Phi) is 8.39. The van der Waals surface area contributed by atoms with Gasteiger partial charge in [0.05, 0.1) is 0 Å². The maximum absolute atomic E-state index is 3.81. The Morgan fingerprint density at radius 1 is 1.10 bits per heavy atom. The standard InChI is InChI=1S/C9H19.Zn/c1-5-6-7-8-9(2,3)4;/h1,5-8H2,2-4H3;/q-1;. The summed E-state index contributed by atoms with van der Waals surface area (Å²) < 4.78 is 0. The molecule has 1 heteroatoms. The Morgan fingerprint density at radius 2 is 1.60 bits per heavy atom. The molecule has 0 aromatic heterocycles. The van der Waals surface area contributed by atoms with Crippen molar-refractivity contribution in [3.05, 3.63) is 6.92 Å². The molecular weight excluding hydrogens is 173 g/mol. The summed E-state index contributed by atoms with van der Waals surface area (Å²) in [5.74, 6) is 0. The third-order valence-electron chi connectivity index (χ3n) is 1.43. The van der Waals surface area contributed by atoms with E-state index in [1.807, 2.05) is 0 Å². The summed E-state index contributed by atoms with van der Waals surface area (Å²) in [4.78, 5) is 0. The molecule has 10 heavy (non-hydrogen) atoms. The van der Waals surface area contributed by atoms with E-state index in [2.05, 4.69) is 27.7 Å². The van der Waals surface area contributed by atoms with E-state index in [4.69, 9.17) is 0 Å². The fourth-order valence-electron chi connectivity index (χ4n) is 0.832. The second kappa shape index (κ2) is 6.34. The number of hydrogen-bond acceptors (Lipinski definition) is 0. The van der Waals surface area contributed by atoms with Crippen LogP contribution in [0.3, 0.4) is 0 Å². The van der Waals surface area contributed by atoms with Crippen molar-refractivity contribution in [3.8, 4) is 0 Å². The predicted molar refractivity (Wildman–Crippen MR) is 43.3 cm³/mol. The summed E-state index contributed by atoms with van der Waals surface area (Å²) in [6.07, 6.45) is 5.06. The largest absolute Gasteiger partial charge is 0.343 e. The van der Waals surface area contributed by atoms with Crippen LogP contribution in [0, 0.1) is 12.3 Å². The van der Waals surface area contributed by atoms with Crippen molar-refractivity contribution in [1.29, 1.82) is 0 Å². The van der Waals surface area contributed by atoms with Crippen LogP contribution in [0.4, 0.5) is 0 Å². The van der Waals surface area contributed by atoms with E-state index in [0.717, 1.165) is 6.42 Å². The van der Waals surface area contributed by atoms with Crippen LogP contribution in [0.1, 0.15) is 46.5 Å². The summed E-state index contributed by atoms with van der Waals surface area (Å²) in [6.45, 7) is 10.7. The first-order chi connectivity index (χ1) is 4.06. The van der Waals surface area contributed by atoms with Gasteiger partial charge in [-0.15, -0.1) is 0 Å². The van der Waals surface area contributed by atoms with Crippen LogP contribution in [0.15, 0.2) is 0 Å². The summed E-state index contributed by atoms with van der Waals surface area (Å²) in [7, 11) is 0. The Bertz CT molecular complexity index is 61.6. The van der Waals surface area contributed by atoms with Crippen LogP contribution in [0.2, 0.25) is 0 Å². The molecule has 58 valence electrons. The van der Waals surface area contributed by atoms with Gasteiger partial charge < -0.3 is 6.92 Å². The van der Waals surface area contributed by atoms with E-state index >= 15 is 0 Å². The maximum Gasteiger partial charge on any atom is 0 e. The van der Waals surface area contributed by atoms with E-state index in [1.165, 1.54) is 19.3 Å². The fourth-order valence-corrected chi connectivity index (χ4v) is 0.832. The van der Waals surface area contributed by atoms with Gasteiger partial charge >= 0.3 is 0 Å². The van der Waals surface area contributed by atoms with E-state index in [1.54, 1.807) is 0 Å². The third-order valence-corrected chi connectivity index (χ3v) is 1.43. The van der Waals surface area contributed by atoms with Gasteiger partial charge in [0.25, 0.3) is 0 Å². The fraction of sp³-hybridized carbons (Fsp3) is 0.889. The van der Waals surface area contributed by atoms with Crippen molar-refractivity contribution in [2.24, 2.45) is 5.41 Å². The van der Waals surface area contributed by atoms with Crippen molar-refractivity contribution >= 4 is 0 Å². The van der Waals surface area contributed by atoms with E-state index in [9.17, 15) is 0 Å². The molecule has 0 rings (SSSR count). The van der Waals surface area contributed by atoms with Crippen LogP contribution in [0.5, 0.6) is 0 Å². The molecule has 0 saturated heterocycles. The average Bonchev–Trinajstić information content (AvgIpc) is 1.63. The van der Waals surface area contributed by atoms with Crippen LogP contribution in [-0.4, -0.2) is 0 Å². The van der Waals surface area contributed by atoms with Gasteiger partial charge in [0.15, 0.2) is 0 Å². The van der Waals surface area contributed by atoms with Crippen molar-refractivity contribution < 1.29 is 19.5 Å². The van der Waals surface area contributed by atoms with Gasteiger partial charge in [0, 0.05) is 19.5 Å². The number of rotatable bonds is 3. The molecule has 0 radical (unpaired) electrons. The molecule has 0 aliphatic carbocycles. The minimum atomic E-state index is 0. The second-order valence-electron chi connectivity index (χ2n) is 3.87. The quantitative estimate of drug-likeness (QED) is 0.365. The first-order valence-electron chi connectivity index (χ1n) is 3.85. The molecule has 0 amide bonds. The van der Waals surface area contributed by atoms with Gasteiger partial charge in [-0.05, 0) is 11.8 Å². The molecule has 0 spiro atoms. The van der Waals surface area contributed by atoms with Crippen LogP contribution in [0.25, 0.3) is 0 Å². The zero-order valence-corrected chi connectivity index (χ0v) is 10.7. The molecule has 0 aromatic rings. The minimum Gasteiger partial charge on any atom is -0.343 e. The van der Waals surface area contributed by atoms with Crippen LogP contribution < -0.4 is 0 Å². The Labute approximate surface area is 78.5 Å². The Morgan fingerprint density at radius 3 is 1.90 bits per heavy atom. The summed E-state index contributed by atoms with van der Waals surface area (Å²) in [5, 5.41) is 0. The summed E-state index contributed by atoms with van der Waals surface area (Å²) >= 11 is 0. The van der Waals surface area contributed by atoms with Crippen molar-refractivity contribution in [2.75, 3.05) is 0 Å². The molecule has 0 unspecified atom stereocenters. The van der Waals surface area contributed by atoms with Crippen LogP contribution >= 0.6 is 0 Å². The summed E-state index contributed by atoms with van der Waals surface area (Å²) in [6, 6.07) is 0. The third kappa shape index (κ3) is 11.4. The molecule has 0 aliphatic rings. The zero-order valence-electron chi connectivity index (χ0n) is 7.74. The van der Waals surface area contributed by atoms with Crippen LogP contribution in [-0.2, 0) is 19.5 Å². The number of hydrogen-bond donors (Lipinski definition) is 0. The number of unbranched alkanes of at least 4 members (excludes halogenated alkanes) is 2. The molecule has 0 heterocycles. The average molecular weight is 193 g/mol. The summed E-state index contributed by atoms with van der Waals surface area (Å²) in [5.41, 5.74) is 0.523. The van der Waals surface area contributed by atoms with E-state index in [0.29, 0.717) is 5.41 Å². The predicted octanol–water partition coefficient (Wildman–Crippen LogP) is 3.42. The zero-order chi connectivity index (χ0) is 7.33. The topological polar surface area (TPSA) is 0 Å². The SMILES string of the molecule is [CH2-]CCCCC(C)(C)C.[Zn]. The van der Waals surface area contributed by atoms with E-state index < -0.39 is 0 Å². The van der Waals surface area contributed by atoms with Gasteiger partial charge in [0.2, 0.25) is 0 Å². The molecule has 0 aliphatic heterocycles. The molecule has 0 atom stereocenters. The maximum atomic E-state index is 3.81. The van der Waals surface area contributed by atoms with Crippen molar-refractivity contribution in [2.45, 2.75) is 46.5 Å². The van der Waals surface area contributed by atoms with Gasteiger partial charge in [-0.1, -0.05) is 33.6 Å². The first-order valence-corrected chi connectivity index (χ1v) is 3.85.